The number of carboxylic acids is 2. The first-order valence-corrected chi connectivity index (χ1v) is 25.5. The second-order valence-electron chi connectivity index (χ2n) is 16.8. The monoisotopic (exact) mass is 1020 g/mol. The van der Waals surface area contributed by atoms with Crippen LogP contribution in [-0.4, -0.2) is 201 Å². The summed E-state index contributed by atoms with van der Waals surface area (Å²) < 4.78 is 42.4. The topological polar surface area (TPSA) is 314 Å². The number of aliphatic hydroxyl groups is 1. The summed E-state index contributed by atoms with van der Waals surface area (Å²) in [4.78, 5) is 80.9. The molecule has 0 saturated heterocycles. The fourth-order valence-electron chi connectivity index (χ4n) is 6.46. The van der Waals surface area contributed by atoms with Crippen molar-refractivity contribution in [3.8, 4) is 0 Å². The fraction of sp³-hybridized carbons (Fsp3) is 0.854. The zero-order valence-corrected chi connectivity index (χ0v) is 42.5. The Hall–Kier alpha value is -3.91. The van der Waals surface area contributed by atoms with E-state index in [2.05, 4.69) is 26.6 Å². The van der Waals surface area contributed by atoms with Crippen LogP contribution in [0.3, 0.4) is 0 Å². The third-order valence-corrected chi connectivity index (χ3v) is 10.2. The number of carbonyl (C=O) groups is 7. The molecule has 414 valence electrons. The lowest BCUT2D eigenvalue weighted by molar-refractivity contribution is -0.142. The Bertz CT molecular complexity index is 1370. The maximum Gasteiger partial charge on any atom is 0.326 e. The first-order chi connectivity index (χ1) is 34.4. The van der Waals surface area contributed by atoms with Crippen LogP contribution in [-0.2, 0) is 71.5 Å². The molecule has 8 N–H and O–H groups in total. The molecule has 0 fully saturated rings. The number of aliphatic carboxylic acids is 2. The number of carboxylic acid groups (broad SMARTS) is 2. The Labute approximate surface area is 420 Å². The second kappa shape index (κ2) is 51.0. The molecule has 1 unspecified atom stereocenters. The Morgan fingerprint density at radius 1 is 0.394 bits per heavy atom. The summed E-state index contributed by atoms with van der Waals surface area (Å²) in [6.45, 7) is 5.14. The van der Waals surface area contributed by atoms with Gasteiger partial charge in [0.2, 0.25) is 23.6 Å². The maximum absolute atomic E-state index is 12.4. The molecule has 23 heteroatoms. The highest BCUT2D eigenvalue weighted by molar-refractivity contribution is 5.83. The first kappa shape index (κ1) is 67.1. The molecule has 0 aromatic rings. The van der Waals surface area contributed by atoms with Crippen LogP contribution in [0.5, 0.6) is 0 Å². The summed E-state index contributed by atoms with van der Waals surface area (Å²) in [7, 11) is 0. The Morgan fingerprint density at radius 3 is 1.10 bits per heavy atom. The van der Waals surface area contributed by atoms with Gasteiger partial charge < -0.3 is 74.5 Å². The van der Waals surface area contributed by atoms with Crippen molar-refractivity contribution in [1.29, 1.82) is 0 Å². The number of carbonyl (C=O) groups excluding carboxylic acids is 5. The summed E-state index contributed by atoms with van der Waals surface area (Å²) in [6, 6.07) is -1.09. The van der Waals surface area contributed by atoms with Gasteiger partial charge in [0.05, 0.1) is 79.3 Å². The van der Waals surface area contributed by atoms with Gasteiger partial charge >= 0.3 is 11.9 Å². The van der Waals surface area contributed by atoms with Crippen LogP contribution in [0.1, 0.15) is 122 Å². The summed E-state index contributed by atoms with van der Waals surface area (Å²) in [5.74, 6) is -3.16. The van der Waals surface area contributed by atoms with Crippen LogP contribution in [0.25, 0.3) is 0 Å². The molecule has 0 saturated carbocycles. The molecule has 0 radical (unpaired) electrons. The number of rotatable bonds is 55. The van der Waals surface area contributed by atoms with Crippen LogP contribution in [0.4, 0.5) is 0 Å². The van der Waals surface area contributed by atoms with Gasteiger partial charge in [-0.25, -0.2) is 4.79 Å². The lowest BCUT2D eigenvalue weighted by Gasteiger charge is -2.18. The van der Waals surface area contributed by atoms with Gasteiger partial charge in [0.15, 0.2) is 5.78 Å². The minimum absolute atomic E-state index is 0.0545. The van der Waals surface area contributed by atoms with E-state index in [4.69, 9.17) is 43.0 Å². The highest BCUT2D eigenvalue weighted by Crippen LogP contribution is 2.14. The molecule has 0 aliphatic rings. The highest BCUT2D eigenvalue weighted by atomic mass is 16.5. The lowest BCUT2D eigenvalue weighted by atomic mass is 10.0. The molecule has 0 aromatic carbocycles. The number of unbranched alkanes of at least 4 members (excludes halogenated alkanes) is 13. The number of amides is 4. The standard InChI is InChI=1S/C48H89N5O18/c1-40(54)36-68-32-28-65-25-21-50-44(57)38-70-34-30-67-27-23-52-46(59)39-71-35-31-66-26-22-51-45(58)37-69-33-29-64-24-20-49-42(55)19-18-41(48(62)63)53-43(56)16-14-12-10-8-6-4-2-3-5-7-9-11-13-15-17-47(60)61/h41-42,49,55H,2-39H2,1H3,(H,50,57)(H,51,58)(H,52,59)(H,53,56)(H,60,61)(H,62,63)/t41-,42?/m0/s1. The number of ether oxygens (including phenoxy) is 8. The van der Waals surface area contributed by atoms with Crippen molar-refractivity contribution in [3.05, 3.63) is 0 Å². The van der Waals surface area contributed by atoms with E-state index in [0.29, 0.717) is 39.3 Å². The third-order valence-electron chi connectivity index (χ3n) is 10.2. The van der Waals surface area contributed by atoms with Crippen LogP contribution >= 0.6 is 0 Å². The van der Waals surface area contributed by atoms with Gasteiger partial charge in [-0.1, -0.05) is 77.0 Å². The first-order valence-electron chi connectivity index (χ1n) is 25.5. The molecule has 0 bridgehead atoms. The molecule has 23 nitrogen and oxygen atoms in total. The molecule has 2 atom stereocenters. The SMILES string of the molecule is CC(=O)COCCOCCNC(=O)COCCOCCNC(=O)COCCOCCNC(=O)COCCOCCNC(O)CC[C@H](NC(=O)CCCCCCCCCCCCCCCCC(=O)O)C(=O)O. The van der Waals surface area contributed by atoms with Crippen LogP contribution in [0.15, 0.2) is 0 Å². The molecular formula is C48H89N5O18. The van der Waals surface area contributed by atoms with Gasteiger partial charge in [0, 0.05) is 39.0 Å². The molecule has 0 spiro atoms. The predicted molar refractivity (Wildman–Crippen MR) is 261 cm³/mol. The lowest BCUT2D eigenvalue weighted by Crippen LogP contribution is -2.42. The molecule has 0 heterocycles. The van der Waals surface area contributed by atoms with Crippen molar-refractivity contribution < 1.29 is 86.8 Å². The van der Waals surface area contributed by atoms with Gasteiger partial charge in [0.25, 0.3) is 0 Å². The number of Topliss-reactive ketones (excluding diaryl/α,β-unsaturated/α-hetero) is 1. The van der Waals surface area contributed by atoms with Crippen molar-refractivity contribution in [2.75, 3.05) is 132 Å². The normalized spacial score (nSPS) is 12.0. The van der Waals surface area contributed by atoms with Gasteiger partial charge in [0.1, 0.15) is 38.7 Å². The van der Waals surface area contributed by atoms with Crippen LogP contribution in [0.2, 0.25) is 0 Å². The summed E-state index contributed by atoms with van der Waals surface area (Å²) >= 11 is 0. The summed E-state index contributed by atoms with van der Waals surface area (Å²) in [5.41, 5.74) is 0. The van der Waals surface area contributed by atoms with E-state index in [0.717, 1.165) is 38.5 Å². The largest absolute Gasteiger partial charge is 0.481 e. The van der Waals surface area contributed by atoms with Crippen molar-refractivity contribution in [3.63, 3.8) is 0 Å². The number of hydrogen-bond acceptors (Lipinski definition) is 17. The molecule has 4 amide bonds. The van der Waals surface area contributed by atoms with E-state index in [-0.39, 0.29) is 154 Å². The molecule has 71 heavy (non-hydrogen) atoms. The number of nitrogens with one attached hydrogen (secondary N) is 5. The molecular weight excluding hydrogens is 935 g/mol. The zero-order valence-electron chi connectivity index (χ0n) is 42.5. The quantitative estimate of drug-likeness (QED) is 0.0317. The average Bonchev–Trinajstić information content (AvgIpc) is 3.33. The van der Waals surface area contributed by atoms with E-state index < -0.39 is 24.2 Å². The Balaban J connectivity index is 3.59. The summed E-state index contributed by atoms with van der Waals surface area (Å²) in [6.07, 6.45) is 14.8. The van der Waals surface area contributed by atoms with Crippen molar-refractivity contribution in [2.45, 2.75) is 135 Å². The number of ketones is 1. The van der Waals surface area contributed by atoms with Crippen molar-refractivity contribution in [1.82, 2.24) is 26.6 Å². The third kappa shape index (κ3) is 52.2. The van der Waals surface area contributed by atoms with E-state index in [9.17, 15) is 43.8 Å². The van der Waals surface area contributed by atoms with E-state index in [1.807, 2.05) is 0 Å². The number of aliphatic hydroxyl groups excluding tert-OH is 1. The number of hydrogen-bond donors (Lipinski definition) is 8. The predicted octanol–water partition coefficient (Wildman–Crippen LogP) is 1.64. The van der Waals surface area contributed by atoms with Gasteiger partial charge in [-0.2, -0.15) is 0 Å². The van der Waals surface area contributed by atoms with E-state index >= 15 is 0 Å². The van der Waals surface area contributed by atoms with Crippen LogP contribution < -0.4 is 26.6 Å². The Kier molecular flexibility index (Phi) is 48.2. The minimum Gasteiger partial charge on any atom is -0.481 e. The zero-order chi connectivity index (χ0) is 52.3. The van der Waals surface area contributed by atoms with Gasteiger partial charge in [-0.15, -0.1) is 0 Å². The average molecular weight is 1020 g/mol. The molecule has 0 rings (SSSR count). The minimum atomic E-state index is -1.15. The maximum atomic E-state index is 12.4. The van der Waals surface area contributed by atoms with E-state index in [1.165, 1.54) is 51.9 Å². The molecule has 0 aliphatic heterocycles. The Morgan fingerprint density at radius 2 is 0.732 bits per heavy atom. The van der Waals surface area contributed by atoms with E-state index in [1.54, 1.807) is 0 Å². The highest BCUT2D eigenvalue weighted by Gasteiger charge is 2.21. The molecule has 0 aliphatic carbocycles. The van der Waals surface area contributed by atoms with Gasteiger partial charge in [-0.3, -0.25) is 34.1 Å². The van der Waals surface area contributed by atoms with Gasteiger partial charge in [-0.05, 0) is 32.6 Å². The van der Waals surface area contributed by atoms with Crippen molar-refractivity contribution in [2.24, 2.45) is 0 Å². The summed E-state index contributed by atoms with van der Waals surface area (Å²) in [5, 5.41) is 41.8. The smallest absolute Gasteiger partial charge is 0.326 e. The van der Waals surface area contributed by atoms with Crippen molar-refractivity contribution >= 4 is 41.4 Å². The fourth-order valence-corrected chi connectivity index (χ4v) is 6.46. The molecule has 0 aromatic heterocycles. The second-order valence-corrected chi connectivity index (χ2v) is 16.8. The van der Waals surface area contributed by atoms with Crippen LogP contribution in [0, 0.1) is 0 Å².